The standard InChI is InChI=1S/C22H31N3O3S/c1-3-25(4-2)29(26,27)22-11-7-20(8-12-22)18-23-17-19-5-9-21(10-6-19)24-13-15-28-16-14-24/h5-12,23H,3-4,13-18H2,1-2H3. The Morgan fingerprint density at radius 2 is 1.41 bits per heavy atom. The number of anilines is 1. The fraction of sp³-hybridized carbons (Fsp3) is 0.455. The van der Waals surface area contributed by atoms with Crippen LogP contribution in [-0.2, 0) is 27.8 Å². The van der Waals surface area contributed by atoms with E-state index in [1.807, 2.05) is 26.0 Å². The number of sulfonamides is 1. The summed E-state index contributed by atoms with van der Waals surface area (Å²) in [6, 6.07) is 15.8. The Kier molecular flexibility index (Phi) is 7.66. The molecular weight excluding hydrogens is 386 g/mol. The highest BCUT2D eigenvalue weighted by molar-refractivity contribution is 7.89. The topological polar surface area (TPSA) is 61.9 Å². The molecule has 0 spiro atoms. The number of hydrogen-bond acceptors (Lipinski definition) is 5. The van der Waals surface area contributed by atoms with Crippen LogP contribution in [0.5, 0.6) is 0 Å². The van der Waals surface area contributed by atoms with Crippen LogP contribution in [0, 0.1) is 0 Å². The molecular formula is C22H31N3O3S. The van der Waals surface area contributed by atoms with Gasteiger partial charge in [0.2, 0.25) is 10.0 Å². The lowest BCUT2D eigenvalue weighted by Gasteiger charge is -2.28. The minimum absolute atomic E-state index is 0.351. The maximum Gasteiger partial charge on any atom is 0.243 e. The van der Waals surface area contributed by atoms with Gasteiger partial charge in [-0.2, -0.15) is 4.31 Å². The Hall–Kier alpha value is -1.93. The largest absolute Gasteiger partial charge is 0.378 e. The molecule has 0 aliphatic carbocycles. The van der Waals surface area contributed by atoms with Crippen molar-refractivity contribution in [3.05, 3.63) is 59.7 Å². The SMILES string of the molecule is CCN(CC)S(=O)(=O)c1ccc(CNCc2ccc(N3CCOCC3)cc2)cc1. The van der Waals surface area contributed by atoms with Gasteiger partial charge in [0, 0.05) is 45.0 Å². The van der Waals surface area contributed by atoms with E-state index in [1.54, 1.807) is 12.1 Å². The van der Waals surface area contributed by atoms with Crippen molar-refractivity contribution in [2.45, 2.75) is 31.8 Å². The first-order chi connectivity index (χ1) is 14.0. The molecule has 1 heterocycles. The Morgan fingerprint density at radius 1 is 0.897 bits per heavy atom. The fourth-order valence-electron chi connectivity index (χ4n) is 3.49. The molecule has 1 aliphatic heterocycles. The molecule has 29 heavy (non-hydrogen) atoms. The van der Waals surface area contributed by atoms with Gasteiger partial charge in [0.15, 0.2) is 0 Å². The second-order valence-corrected chi connectivity index (χ2v) is 9.04. The molecule has 0 aromatic heterocycles. The number of nitrogens with one attached hydrogen (secondary N) is 1. The van der Waals surface area contributed by atoms with Crippen LogP contribution in [0.15, 0.2) is 53.4 Å². The minimum Gasteiger partial charge on any atom is -0.378 e. The second kappa shape index (κ2) is 10.2. The van der Waals surface area contributed by atoms with E-state index >= 15 is 0 Å². The summed E-state index contributed by atoms with van der Waals surface area (Å²) >= 11 is 0. The zero-order valence-electron chi connectivity index (χ0n) is 17.3. The van der Waals surface area contributed by atoms with E-state index in [0.717, 1.165) is 38.4 Å². The van der Waals surface area contributed by atoms with E-state index in [0.29, 0.717) is 24.5 Å². The molecule has 158 valence electrons. The van der Waals surface area contributed by atoms with Crippen LogP contribution in [0.4, 0.5) is 5.69 Å². The molecule has 1 N–H and O–H groups in total. The van der Waals surface area contributed by atoms with E-state index in [1.165, 1.54) is 15.6 Å². The van der Waals surface area contributed by atoms with E-state index in [9.17, 15) is 8.42 Å². The summed E-state index contributed by atoms with van der Waals surface area (Å²) < 4.78 is 32.0. The molecule has 6 nitrogen and oxygen atoms in total. The van der Waals surface area contributed by atoms with Crippen molar-refractivity contribution in [2.75, 3.05) is 44.3 Å². The molecule has 2 aromatic carbocycles. The van der Waals surface area contributed by atoms with Crippen molar-refractivity contribution in [3.63, 3.8) is 0 Å². The summed E-state index contributed by atoms with van der Waals surface area (Å²) in [5.41, 5.74) is 3.53. The lowest BCUT2D eigenvalue weighted by atomic mass is 10.1. The van der Waals surface area contributed by atoms with Gasteiger partial charge < -0.3 is 15.0 Å². The van der Waals surface area contributed by atoms with E-state index in [-0.39, 0.29) is 0 Å². The first kappa shape index (κ1) is 21.8. The highest BCUT2D eigenvalue weighted by Crippen LogP contribution is 2.18. The van der Waals surface area contributed by atoms with Crippen LogP contribution in [0.2, 0.25) is 0 Å². The highest BCUT2D eigenvalue weighted by Gasteiger charge is 2.21. The number of hydrogen-bond donors (Lipinski definition) is 1. The Balaban J connectivity index is 1.51. The third-order valence-electron chi connectivity index (χ3n) is 5.24. The van der Waals surface area contributed by atoms with E-state index < -0.39 is 10.0 Å². The van der Waals surface area contributed by atoms with Crippen molar-refractivity contribution in [1.82, 2.24) is 9.62 Å². The van der Waals surface area contributed by atoms with Crippen molar-refractivity contribution in [2.24, 2.45) is 0 Å². The summed E-state index contributed by atoms with van der Waals surface area (Å²) in [7, 11) is -3.39. The zero-order valence-corrected chi connectivity index (χ0v) is 18.1. The first-order valence-electron chi connectivity index (χ1n) is 10.3. The molecule has 3 rings (SSSR count). The van der Waals surface area contributed by atoms with Gasteiger partial charge in [-0.1, -0.05) is 38.1 Å². The zero-order chi connectivity index (χ0) is 20.7. The van der Waals surface area contributed by atoms with Gasteiger partial charge in [-0.3, -0.25) is 0 Å². The molecule has 0 unspecified atom stereocenters. The lowest BCUT2D eigenvalue weighted by molar-refractivity contribution is 0.122. The summed E-state index contributed by atoms with van der Waals surface area (Å²) in [4.78, 5) is 2.69. The molecule has 0 radical (unpaired) electrons. The smallest absolute Gasteiger partial charge is 0.243 e. The molecule has 1 fully saturated rings. The highest BCUT2D eigenvalue weighted by atomic mass is 32.2. The van der Waals surface area contributed by atoms with E-state index in [2.05, 4.69) is 34.5 Å². The van der Waals surface area contributed by atoms with Gasteiger partial charge in [0.05, 0.1) is 18.1 Å². The fourth-order valence-corrected chi connectivity index (χ4v) is 4.95. The van der Waals surface area contributed by atoms with Crippen LogP contribution in [0.3, 0.4) is 0 Å². The van der Waals surface area contributed by atoms with E-state index in [4.69, 9.17) is 4.74 Å². The van der Waals surface area contributed by atoms with Gasteiger partial charge in [-0.05, 0) is 35.4 Å². The van der Waals surface area contributed by atoms with Crippen LogP contribution >= 0.6 is 0 Å². The van der Waals surface area contributed by atoms with Crippen LogP contribution < -0.4 is 10.2 Å². The maximum atomic E-state index is 12.5. The predicted octanol–water partition coefficient (Wildman–Crippen LogP) is 2.84. The van der Waals surface area contributed by atoms with Crippen molar-refractivity contribution >= 4 is 15.7 Å². The molecule has 1 saturated heterocycles. The predicted molar refractivity (Wildman–Crippen MR) is 117 cm³/mol. The van der Waals surface area contributed by atoms with Crippen molar-refractivity contribution in [1.29, 1.82) is 0 Å². The summed E-state index contributed by atoms with van der Waals surface area (Å²) in [5, 5.41) is 3.43. The molecule has 1 aliphatic rings. The Bertz CT molecular complexity index is 857. The van der Waals surface area contributed by atoms with Gasteiger partial charge >= 0.3 is 0 Å². The van der Waals surface area contributed by atoms with Gasteiger partial charge in [0.1, 0.15) is 0 Å². The average Bonchev–Trinajstić information content (AvgIpc) is 2.76. The third-order valence-corrected chi connectivity index (χ3v) is 7.30. The van der Waals surface area contributed by atoms with Crippen LogP contribution in [0.25, 0.3) is 0 Å². The summed E-state index contributed by atoms with van der Waals surface area (Å²) in [5.74, 6) is 0. The molecule has 2 aromatic rings. The van der Waals surface area contributed by atoms with Gasteiger partial charge in [0.25, 0.3) is 0 Å². The number of morpholine rings is 1. The average molecular weight is 418 g/mol. The summed E-state index contributed by atoms with van der Waals surface area (Å²) in [6.07, 6.45) is 0. The number of ether oxygens (including phenoxy) is 1. The summed E-state index contributed by atoms with van der Waals surface area (Å²) in [6.45, 7) is 9.59. The monoisotopic (exact) mass is 417 g/mol. The second-order valence-electron chi connectivity index (χ2n) is 7.10. The molecule has 0 saturated carbocycles. The van der Waals surface area contributed by atoms with Gasteiger partial charge in [-0.15, -0.1) is 0 Å². The number of rotatable bonds is 9. The normalized spacial score (nSPS) is 15.1. The number of benzene rings is 2. The molecule has 0 amide bonds. The van der Waals surface area contributed by atoms with Gasteiger partial charge in [-0.25, -0.2) is 8.42 Å². The third kappa shape index (κ3) is 5.57. The molecule has 0 atom stereocenters. The molecule has 7 heteroatoms. The Morgan fingerprint density at radius 3 is 1.93 bits per heavy atom. The lowest BCUT2D eigenvalue weighted by Crippen LogP contribution is -2.36. The number of nitrogens with zero attached hydrogens (tertiary/aromatic N) is 2. The Labute approximate surface area is 174 Å². The van der Waals surface area contributed by atoms with Crippen molar-refractivity contribution < 1.29 is 13.2 Å². The quantitative estimate of drug-likeness (QED) is 0.680. The first-order valence-corrected chi connectivity index (χ1v) is 11.7. The van der Waals surface area contributed by atoms with Crippen LogP contribution in [0.1, 0.15) is 25.0 Å². The van der Waals surface area contributed by atoms with Crippen LogP contribution in [-0.4, -0.2) is 52.1 Å². The van der Waals surface area contributed by atoms with Crippen molar-refractivity contribution in [3.8, 4) is 0 Å². The molecule has 0 bridgehead atoms. The maximum absolute atomic E-state index is 12.5. The minimum atomic E-state index is -3.39.